The molecule has 6 heteroatoms. The summed E-state index contributed by atoms with van der Waals surface area (Å²) in [5.41, 5.74) is 2.34. The number of hydrogen-bond acceptors (Lipinski definition) is 4. The third kappa shape index (κ3) is 2.44. The number of likely N-dealkylation sites (tertiary alicyclic amines) is 1. The Bertz CT molecular complexity index is 874. The van der Waals surface area contributed by atoms with Crippen molar-refractivity contribution in [3.05, 3.63) is 54.2 Å². The van der Waals surface area contributed by atoms with E-state index in [1.165, 1.54) is 0 Å². The molecule has 1 fully saturated rings. The number of aromatic nitrogens is 4. The van der Waals surface area contributed by atoms with Crippen LogP contribution in [0.5, 0.6) is 0 Å². The average molecular weight is 321 g/mol. The molecule has 122 valence electrons. The zero-order valence-electron chi connectivity index (χ0n) is 13.6. The quantitative estimate of drug-likeness (QED) is 0.743. The highest BCUT2D eigenvalue weighted by atomic mass is 16.2. The molecule has 1 aliphatic rings. The van der Waals surface area contributed by atoms with Gasteiger partial charge in [-0.2, -0.15) is 0 Å². The molecule has 1 atom stereocenters. The summed E-state index contributed by atoms with van der Waals surface area (Å²) in [7, 11) is 0. The third-order valence-electron chi connectivity index (χ3n) is 4.57. The molecule has 24 heavy (non-hydrogen) atoms. The fourth-order valence-electron chi connectivity index (χ4n) is 3.41. The highest BCUT2D eigenvalue weighted by Gasteiger charge is 2.31. The third-order valence-corrected chi connectivity index (χ3v) is 4.57. The zero-order valence-corrected chi connectivity index (χ0v) is 13.6. The van der Waals surface area contributed by atoms with Crippen LogP contribution in [0.25, 0.3) is 11.2 Å². The van der Waals surface area contributed by atoms with Crippen molar-refractivity contribution in [1.82, 2.24) is 24.4 Å². The van der Waals surface area contributed by atoms with Gasteiger partial charge in [0.2, 0.25) is 0 Å². The number of pyridine rings is 2. The second kappa shape index (κ2) is 6.03. The van der Waals surface area contributed by atoms with Crippen molar-refractivity contribution in [2.45, 2.75) is 25.8 Å². The van der Waals surface area contributed by atoms with E-state index in [0.717, 1.165) is 36.5 Å². The van der Waals surface area contributed by atoms with Crippen LogP contribution in [0.2, 0.25) is 0 Å². The van der Waals surface area contributed by atoms with E-state index >= 15 is 0 Å². The molecular formula is C18H19N5O. The minimum Gasteiger partial charge on any atom is -0.337 e. The summed E-state index contributed by atoms with van der Waals surface area (Å²) in [5, 5.41) is 0. The van der Waals surface area contributed by atoms with Crippen LogP contribution in [0, 0.1) is 0 Å². The number of hydrogen-bond donors (Lipinski definition) is 0. The number of amides is 1. The maximum absolute atomic E-state index is 12.6. The van der Waals surface area contributed by atoms with Crippen molar-refractivity contribution < 1.29 is 4.79 Å². The maximum Gasteiger partial charge on any atom is 0.272 e. The molecule has 0 aliphatic carbocycles. The first-order valence-corrected chi connectivity index (χ1v) is 8.29. The van der Waals surface area contributed by atoms with Crippen LogP contribution in [-0.2, 0) is 6.54 Å². The summed E-state index contributed by atoms with van der Waals surface area (Å²) in [6.07, 6.45) is 4.37. The lowest BCUT2D eigenvalue weighted by Gasteiger charge is -2.16. The molecule has 0 unspecified atom stereocenters. The monoisotopic (exact) mass is 321 g/mol. The van der Waals surface area contributed by atoms with Crippen molar-refractivity contribution in [2.75, 3.05) is 13.1 Å². The van der Waals surface area contributed by atoms with Crippen LogP contribution in [0.3, 0.4) is 0 Å². The predicted octanol–water partition coefficient (Wildman–Crippen LogP) is 2.48. The molecule has 1 saturated heterocycles. The molecule has 0 N–H and O–H groups in total. The lowest BCUT2D eigenvalue weighted by atomic mass is 10.1. The van der Waals surface area contributed by atoms with Gasteiger partial charge in [0, 0.05) is 37.9 Å². The summed E-state index contributed by atoms with van der Waals surface area (Å²) < 4.78 is 2.16. The summed E-state index contributed by atoms with van der Waals surface area (Å²) in [5.74, 6) is 1.27. The van der Waals surface area contributed by atoms with Gasteiger partial charge in [0.15, 0.2) is 5.65 Å². The maximum atomic E-state index is 12.6. The van der Waals surface area contributed by atoms with Gasteiger partial charge in [-0.3, -0.25) is 9.78 Å². The highest BCUT2D eigenvalue weighted by Crippen LogP contribution is 2.29. The number of fused-ring (bicyclic) bond motifs is 1. The van der Waals surface area contributed by atoms with Crippen LogP contribution in [0.4, 0.5) is 0 Å². The first-order valence-electron chi connectivity index (χ1n) is 8.29. The normalized spacial score (nSPS) is 17.5. The van der Waals surface area contributed by atoms with E-state index in [1.54, 1.807) is 18.5 Å². The Kier molecular flexibility index (Phi) is 3.72. The minimum atomic E-state index is -0.00427. The van der Waals surface area contributed by atoms with E-state index in [9.17, 15) is 4.79 Å². The number of carbonyl (C=O) groups excluding carboxylic acids is 1. The molecular weight excluding hydrogens is 302 g/mol. The lowest BCUT2D eigenvalue weighted by molar-refractivity contribution is 0.0784. The molecule has 4 rings (SSSR count). The van der Waals surface area contributed by atoms with Crippen molar-refractivity contribution >= 4 is 17.1 Å². The molecule has 0 aromatic carbocycles. The summed E-state index contributed by atoms with van der Waals surface area (Å²) >= 11 is 0. The SMILES string of the molecule is CCn1c([C@@H]2CCN(C(=O)c3ccccn3)C2)nc2cccnc21. The van der Waals surface area contributed by atoms with Gasteiger partial charge in [0.1, 0.15) is 17.0 Å². The van der Waals surface area contributed by atoms with E-state index in [0.29, 0.717) is 12.2 Å². The molecule has 4 heterocycles. The van der Waals surface area contributed by atoms with Crippen LogP contribution < -0.4 is 0 Å². The molecule has 0 saturated carbocycles. The number of carbonyl (C=O) groups is 1. The Morgan fingerprint density at radius 2 is 2.08 bits per heavy atom. The second-order valence-corrected chi connectivity index (χ2v) is 6.01. The zero-order chi connectivity index (χ0) is 16.5. The number of aryl methyl sites for hydroxylation is 1. The Morgan fingerprint density at radius 3 is 2.88 bits per heavy atom. The van der Waals surface area contributed by atoms with E-state index < -0.39 is 0 Å². The largest absolute Gasteiger partial charge is 0.337 e. The Hall–Kier alpha value is -2.76. The van der Waals surface area contributed by atoms with Crippen molar-refractivity contribution in [3.8, 4) is 0 Å². The summed E-state index contributed by atoms with van der Waals surface area (Å²) in [4.78, 5) is 27.9. The van der Waals surface area contributed by atoms with Gasteiger partial charge in [-0.1, -0.05) is 6.07 Å². The Labute approximate surface area is 140 Å². The first kappa shape index (κ1) is 14.8. The lowest BCUT2D eigenvalue weighted by Crippen LogP contribution is -2.29. The van der Waals surface area contributed by atoms with Crippen molar-refractivity contribution in [2.24, 2.45) is 0 Å². The smallest absolute Gasteiger partial charge is 0.272 e. The molecule has 3 aromatic heterocycles. The van der Waals surface area contributed by atoms with Gasteiger partial charge < -0.3 is 9.47 Å². The standard InChI is InChI=1S/C18H19N5O/c1-2-23-16(21-14-7-5-10-20-17(14)23)13-8-11-22(12-13)18(24)15-6-3-4-9-19-15/h3-7,9-10,13H,2,8,11-12H2,1H3/t13-/m1/s1. The van der Waals surface area contributed by atoms with Gasteiger partial charge in [-0.05, 0) is 37.6 Å². The van der Waals surface area contributed by atoms with Crippen LogP contribution in [0.1, 0.15) is 35.6 Å². The highest BCUT2D eigenvalue weighted by molar-refractivity contribution is 5.92. The van der Waals surface area contributed by atoms with E-state index in [-0.39, 0.29) is 11.8 Å². The summed E-state index contributed by atoms with van der Waals surface area (Å²) in [6.45, 7) is 4.34. The van der Waals surface area contributed by atoms with Gasteiger partial charge in [-0.15, -0.1) is 0 Å². The van der Waals surface area contributed by atoms with Crippen LogP contribution in [0.15, 0.2) is 42.7 Å². The van der Waals surface area contributed by atoms with Gasteiger partial charge in [0.05, 0.1) is 0 Å². The molecule has 0 radical (unpaired) electrons. The number of rotatable bonds is 3. The molecule has 0 bridgehead atoms. The predicted molar refractivity (Wildman–Crippen MR) is 90.7 cm³/mol. The molecule has 1 aliphatic heterocycles. The van der Waals surface area contributed by atoms with E-state index in [1.807, 2.05) is 29.2 Å². The topological polar surface area (TPSA) is 63.9 Å². The molecule has 3 aromatic rings. The van der Waals surface area contributed by atoms with Crippen molar-refractivity contribution in [3.63, 3.8) is 0 Å². The fourth-order valence-corrected chi connectivity index (χ4v) is 3.41. The van der Waals surface area contributed by atoms with Gasteiger partial charge in [-0.25, -0.2) is 9.97 Å². The van der Waals surface area contributed by atoms with Crippen molar-refractivity contribution in [1.29, 1.82) is 0 Å². The second-order valence-electron chi connectivity index (χ2n) is 6.01. The van der Waals surface area contributed by atoms with Crippen LogP contribution in [-0.4, -0.2) is 43.4 Å². The number of nitrogens with zero attached hydrogens (tertiary/aromatic N) is 5. The molecule has 1 amide bonds. The summed E-state index contributed by atoms with van der Waals surface area (Å²) in [6, 6.07) is 9.32. The van der Waals surface area contributed by atoms with E-state index in [4.69, 9.17) is 4.98 Å². The molecule has 0 spiro atoms. The Balaban J connectivity index is 1.60. The Morgan fingerprint density at radius 1 is 1.21 bits per heavy atom. The first-order chi connectivity index (χ1) is 11.8. The van der Waals surface area contributed by atoms with Gasteiger partial charge >= 0.3 is 0 Å². The minimum absolute atomic E-state index is 0.00427. The van der Waals surface area contributed by atoms with E-state index in [2.05, 4.69) is 21.5 Å². The van der Waals surface area contributed by atoms with Crippen LogP contribution >= 0.6 is 0 Å². The number of imidazole rings is 1. The fraction of sp³-hybridized carbons (Fsp3) is 0.333. The molecule has 6 nitrogen and oxygen atoms in total. The van der Waals surface area contributed by atoms with Gasteiger partial charge in [0.25, 0.3) is 5.91 Å². The average Bonchev–Trinajstić information content (AvgIpc) is 3.26.